The van der Waals surface area contributed by atoms with Gasteiger partial charge in [0.05, 0.1) is 6.54 Å². The SMILES string of the molecule is CN1C(=O)CNC(=O)/C1=C/c1ccc(/C=C/C(=O)NO)cc1. The lowest BCUT2D eigenvalue weighted by molar-refractivity contribution is -0.135. The Hall–Kier alpha value is -2.93. The van der Waals surface area contributed by atoms with E-state index in [0.29, 0.717) is 0 Å². The third-order valence-corrected chi connectivity index (χ3v) is 3.15. The highest BCUT2D eigenvalue weighted by atomic mass is 16.5. The zero-order valence-electron chi connectivity index (χ0n) is 11.9. The summed E-state index contributed by atoms with van der Waals surface area (Å²) in [6.45, 7) is 0.00330. The molecule has 0 saturated carbocycles. The van der Waals surface area contributed by atoms with Crippen molar-refractivity contribution in [2.45, 2.75) is 0 Å². The van der Waals surface area contributed by atoms with Crippen molar-refractivity contribution in [3.05, 3.63) is 47.2 Å². The van der Waals surface area contributed by atoms with Crippen LogP contribution >= 0.6 is 0 Å². The number of nitrogens with zero attached hydrogens (tertiary/aromatic N) is 1. The second-order valence-corrected chi connectivity index (χ2v) is 4.64. The van der Waals surface area contributed by atoms with Crippen molar-refractivity contribution in [1.29, 1.82) is 0 Å². The highest BCUT2D eigenvalue weighted by molar-refractivity contribution is 6.05. The van der Waals surface area contributed by atoms with Gasteiger partial charge in [0, 0.05) is 13.1 Å². The van der Waals surface area contributed by atoms with E-state index in [9.17, 15) is 14.4 Å². The summed E-state index contributed by atoms with van der Waals surface area (Å²) >= 11 is 0. The minimum absolute atomic E-state index is 0.00330. The van der Waals surface area contributed by atoms with Gasteiger partial charge in [-0.05, 0) is 23.3 Å². The first-order chi connectivity index (χ1) is 10.5. The van der Waals surface area contributed by atoms with Gasteiger partial charge in [-0.1, -0.05) is 24.3 Å². The number of hydroxylamine groups is 1. The van der Waals surface area contributed by atoms with Crippen molar-refractivity contribution in [3.63, 3.8) is 0 Å². The summed E-state index contributed by atoms with van der Waals surface area (Å²) in [6, 6.07) is 7.00. The number of benzene rings is 1. The molecule has 114 valence electrons. The number of carbonyl (C=O) groups is 3. The summed E-state index contributed by atoms with van der Waals surface area (Å²) in [4.78, 5) is 35.6. The molecule has 0 radical (unpaired) electrons. The molecule has 1 aromatic carbocycles. The predicted molar refractivity (Wildman–Crippen MR) is 79.2 cm³/mol. The van der Waals surface area contributed by atoms with Gasteiger partial charge in [0.2, 0.25) is 5.91 Å². The summed E-state index contributed by atoms with van der Waals surface area (Å²) in [5, 5.41) is 10.9. The normalized spacial score (nSPS) is 17.0. The molecule has 3 amide bonds. The number of carbonyl (C=O) groups excluding carboxylic acids is 3. The van der Waals surface area contributed by atoms with E-state index in [4.69, 9.17) is 5.21 Å². The third kappa shape index (κ3) is 3.58. The lowest BCUT2D eigenvalue weighted by Crippen LogP contribution is -2.47. The second kappa shape index (κ2) is 6.68. The fourth-order valence-corrected chi connectivity index (χ4v) is 1.88. The molecule has 1 fully saturated rings. The van der Waals surface area contributed by atoms with Gasteiger partial charge >= 0.3 is 0 Å². The maximum atomic E-state index is 11.8. The highest BCUT2D eigenvalue weighted by Gasteiger charge is 2.25. The van der Waals surface area contributed by atoms with Gasteiger partial charge in [0.1, 0.15) is 5.70 Å². The summed E-state index contributed by atoms with van der Waals surface area (Å²) in [7, 11) is 1.55. The number of nitrogens with one attached hydrogen (secondary N) is 2. The summed E-state index contributed by atoms with van der Waals surface area (Å²) < 4.78 is 0. The largest absolute Gasteiger partial charge is 0.342 e. The van der Waals surface area contributed by atoms with Gasteiger partial charge in [-0.25, -0.2) is 5.48 Å². The predicted octanol–water partition coefficient (Wildman–Crippen LogP) is 0.134. The van der Waals surface area contributed by atoms with Gasteiger partial charge in [-0.15, -0.1) is 0 Å². The van der Waals surface area contributed by atoms with Crippen molar-refractivity contribution in [2.75, 3.05) is 13.6 Å². The Labute approximate surface area is 126 Å². The van der Waals surface area contributed by atoms with Crippen LogP contribution in [0.25, 0.3) is 12.2 Å². The van der Waals surface area contributed by atoms with Crippen LogP contribution in [0.1, 0.15) is 11.1 Å². The number of likely N-dealkylation sites (N-methyl/N-ethyl adjacent to an activating group) is 1. The van der Waals surface area contributed by atoms with Crippen LogP contribution in [0.5, 0.6) is 0 Å². The summed E-state index contributed by atoms with van der Waals surface area (Å²) in [5.41, 5.74) is 3.27. The molecule has 0 aliphatic carbocycles. The van der Waals surface area contributed by atoms with E-state index in [1.54, 1.807) is 37.4 Å². The maximum Gasteiger partial charge on any atom is 0.268 e. The van der Waals surface area contributed by atoms with Crippen LogP contribution in [0, 0.1) is 0 Å². The van der Waals surface area contributed by atoms with E-state index in [0.717, 1.165) is 11.1 Å². The number of rotatable bonds is 3. The maximum absolute atomic E-state index is 11.8. The van der Waals surface area contributed by atoms with Crippen molar-refractivity contribution >= 4 is 29.9 Å². The minimum atomic E-state index is -0.620. The quantitative estimate of drug-likeness (QED) is 0.420. The van der Waals surface area contributed by atoms with Crippen LogP contribution < -0.4 is 10.8 Å². The molecule has 0 spiro atoms. The summed E-state index contributed by atoms with van der Waals surface area (Å²) in [5.74, 6) is -1.10. The fourth-order valence-electron chi connectivity index (χ4n) is 1.88. The lowest BCUT2D eigenvalue weighted by Gasteiger charge is -2.25. The van der Waals surface area contributed by atoms with Gasteiger partial charge in [0.25, 0.3) is 11.8 Å². The molecule has 1 heterocycles. The summed E-state index contributed by atoms with van der Waals surface area (Å²) in [6.07, 6.45) is 4.33. The first-order valence-electron chi connectivity index (χ1n) is 6.50. The van der Waals surface area contributed by atoms with Gasteiger partial charge in [0.15, 0.2) is 0 Å². The van der Waals surface area contributed by atoms with Crippen molar-refractivity contribution in [3.8, 4) is 0 Å². The molecular formula is C15H15N3O4. The average Bonchev–Trinajstić information content (AvgIpc) is 2.54. The molecule has 0 atom stereocenters. The number of piperazine rings is 1. The van der Waals surface area contributed by atoms with Crippen LogP contribution in [-0.4, -0.2) is 41.4 Å². The monoisotopic (exact) mass is 301 g/mol. The Bertz CT molecular complexity index is 662. The molecule has 0 aromatic heterocycles. The zero-order valence-corrected chi connectivity index (χ0v) is 11.9. The smallest absolute Gasteiger partial charge is 0.268 e. The Kier molecular flexibility index (Phi) is 4.70. The van der Waals surface area contributed by atoms with E-state index in [-0.39, 0.29) is 24.1 Å². The van der Waals surface area contributed by atoms with Crippen molar-refractivity contribution < 1.29 is 19.6 Å². The Balaban J connectivity index is 2.18. The molecular weight excluding hydrogens is 286 g/mol. The zero-order chi connectivity index (χ0) is 16.1. The molecule has 1 aliphatic rings. The topological polar surface area (TPSA) is 98.7 Å². The van der Waals surface area contributed by atoms with E-state index in [1.165, 1.54) is 22.5 Å². The van der Waals surface area contributed by atoms with Crippen LogP contribution in [0.2, 0.25) is 0 Å². The van der Waals surface area contributed by atoms with Crippen LogP contribution in [0.4, 0.5) is 0 Å². The molecule has 2 rings (SSSR count). The Morgan fingerprint density at radius 1 is 1.27 bits per heavy atom. The molecule has 0 bridgehead atoms. The van der Waals surface area contributed by atoms with Gasteiger partial charge < -0.3 is 10.2 Å². The van der Waals surface area contributed by atoms with Crippen LogP contribution in [0.3, 0.4) is 0 Å². The fraction of sp³-hybridized carbons (Fsp3) is 0.133. The average molecular weight is 301 g/mol. The van der Waals surface area contributed by atoms with Crippen LogP contribution in [0.15, 0.2) is 36.0 Å². The Morgan fingerprint density at radius 3 is 2.55 bits per heavy atom. The first-order valence-corrected chi connectivity index (χ1v) is 6.50. The molecule has 22 heavy (non-hydrogen) atoms. The third-order valence-electron chi connectivity index (χ3n) is 3.15. The van der Waals surface area contributed by atoms with E-state index in [2.05, 4.69) is 5.32 Å². The standard InChI is InChI=1S/C15H15N3O4/c1-18-12(15(21)16-9-14(18)20)8-11-4-2-10(3-5-11)6-7-13(19)17-22/h2-8,22H,9H2,1H3,(H,16,21)(H,17,19)/b7-6+,12-8-. The van der Waals surface area contributed by atoms with E-state index < -0.39 is 5.91 Å². The number of amides is 3. The molecule has 0 unspecified atom stereocenters. The number of hydrogen-bond acceptors (Lipinski definition) is 4. The first kappa shape index (κ1) is 15.5. The highest BCUT2D eigenvalue weighted by Crippen LogP contribution is 2.14. The lowest BCUT2D eigenvalue weighted by atomic mass is 10.1. The molecule has 7 heteroatoms. The molecule has 7 nitrogen and oxygen atoms in total. The second-order valence-electron chi connectivity index (χ2n) is 4.64. The van der Waals surface area contributed by atoms with E-state index >= 15 is 0 Å². The molecule has 1 saturated heterocycles. The van der Waals surface area contributed by atoms with Crippen molar-refractivity contribution in [2.24, 2.45) is 0 Å². The van der Waals surface area contributed by atoms with Crippen molar-refractivity contribution in [1.82, 2.24) is 15.7 Å². The van der Waals surface area contributed by atoms with Gasteiger partial charge in [-0.2, -0.15) is 0 Å². The molecule has 1 aromatic rings. The number of hydrogen-bond donors (Lipinski definition) is 3. The van der Waals surface area contributed by atoms with Gasteiger partial charge in [-0.3, -0.25) is 19.6 Å². The molecule has 3 N–H and O–H groups in total. The Morgan fingerprint density at radius 2 is 1.91 bits per heavy atom. The van der Waals surface area contributed by atoms with Crippen LogP contribution in [-0.2, 0) is 14.4 Å². The van der Waals surface area contributed by atoms with E-state index in [1.807, 2.05) is 0 Å². The molecule has 1 aliphatic heterocycles. The minimum Gasteiger partial charge on any atom is -0.342 e.